The molecule has 1 aliphatic heterocycles. The lowest BCUT2D eigenvalue weighted by Crippen LogP contribution is -2.47. The van der Waals surface area contributed by atoms with Gasteiger partial charge in [0.2, 0.25) is 0 Å². The van der Waals surface area contributed by atoms with Gasteiger partial charge in [-0.05, 0) is 61.4 Å². The monoisotopic (exact) mass is 576 g/mol. The quantitative estimate of drug-likeness (QED) is 0.300. The van der Waals surface area contributed by atoms with Crippen molar-refractivity contribution < 1.29 is 8.42 Å². The van der Waals surface area contributed by atoms with Crippen molar-refractivity contribution in [1.82, 2.24) is 15.5 Å². The van der Waals surface area contributed by atoms with Crippen molar-refractivity contribution in [2.45, 2.75) is 51.2 Å². The van der Waals surface area contributed by atoms with Gasteiger partial charge >= 0.3 is 0 Å². The largest absolute Gasteiger partial charge is 0.357 e. The van der Waals surface area contributed by atoms with Crippen LogP contribution in [0.2, 0.25) is 0 Å². The van der Waals surface area contributed by atoms with Crippen molar-refractivity contribution in [2.24, 2.45) is 4.99 Å². The highest BCUT2D eigenvalue weighted by molar-refractivity contribution is 14.0. The Morgan fingerprint density at radius 2 is 2.06 bits per heavy atom. The highest BCUT2D eigenvalue weighted by atomic mass is 127. The molecule has 3 rings (SSSR count). The number of nitrogens with zero attached hydrogens (tertiary/aromatic N) is 2. The van der Waals surface area contributed by atoms with Gasteiger partial charge in [-0.1, -0.05) is 12.1 Å². The van der Waals surface area contributed by atoms with E-state index in [9.17, 15) is 8.42 Å². The average molecular weight is 577 g/mol. The van der Waals surface area contributed by atoms with Gasteiger partial charge in [-0.3, -0.25) is 4.90 Å². The number of aliphatic imine (C=N–C) groups is 1. The van der Waals surface area contributed by atoms with Gasteiger partial charge in [0.05, 0.1) is 11.4 Å². The molecule has 0 amide bonds. The standard InChI is InChI=1S/C22H32N4O2S2.HI/c1-5-23-22(25-14-18-6-7-21(16(2)12-18)30(4,27)28)24-13-17(3)26-10-8-20-19(15-26)9-11-29-20;/h6-7,9,11-12,17H,5,8,10,13-15H2,1-4H3,(H2,23,24,25);1H. The Balaban J connectivity index is 0.00000341. The van der Waals surface area contributed by atoms with Crippen molar-refractivity contribution in [3.8, 4) is 0 Å². The topological polar surface area (TPSA) is 73.8 Å². The molecular formula is C22H33IN4O2S2. The molecule has 1 aromatic heterocycles. The summed E-state index contributed by atoms with van der Waals surface area (Å²) in [5, 5.41) is 8.95. The third kappa shape index (κ3) is 7.16. The minimum atomic E-state index is -3.20. The average Bonchev–Trinajstić information content (AvgIpc) is 3.16. The number of sulfone groups is 1. The molecule has 0 saturated carbocycles. The first-order chi connectivity index (χ1) is 14.3. The van der Waals surface area contributed by atoms with Crippen LogP contribution in [0.25, 0.3) is 0 Å². The fourth-order valence-corrected chi connectivity index (χ4v) is 5.61. The van der Waals surface area contributed by atoms with Crippen molar-refractivity contribution in [3.63, 3.8) is 0 Å². The maximum Gasteiger partial charge on any atom is 0.191 e. The lowest BCUT2D eigenvalue weighted by Gasteiger charge is -2.32. The van der Waals surface area contributed by atoms with Gasteiger partial charge in [-0.2, -0.15) is 0 Å². The number of benzene rings is 1. The summed E-state index contributed by atoms with van der Waals surface area (Å²) in [5.74, 6) is 0.780. The molecule has 0 fully saturated rings. The highest BCUT2D eigenvalue weighted by Gasteiger charge is 2.21. The molecule has 0 spiro atoms. The number of rotatable bonds is 7. The third-order valence-corrected chi connectivity index (χ3v) is 7.71. The molecule has 0 aliphatic carbocycles. The molecule has 1 atom stereocenters. The summed E-state index contributed by atoms with van der Waals surface area (Å²) in [6.07, 6.45) is 2.37. The second-order valence-corrected chi connectivity index (χ2v) is 10.9. The number of nitrogens with one attached hydrogen (secondary N) is 2. The van der Waals surface area contributed by atoms with E-state index in [2.05, 4.69) is 45.8 Å². The molecule has 9 heteroatoms. The van der Waals surface area contributed by atoms with Crippen molar-refractivity contribution in [3.05, 3.63) is 51.2 Å². The molecule has 172 valence electrons. The van der Waals surface area contributed by atoms with Crippen LogP contribution in [-0.4, -0.2) is 51.2 Å². The first kappa shape index (κ1) is 26.1. The third-order valence-electron chi connectivity index (χ3n) is 5.43. The van der Waals surface area contributed by atoms with E-state index in [-0.39, 0.29) is 24.0 Å². The number of thiophene rings is 1. The predicted octanol–water partition coefficient (Wildman–Crippen LogP) is 3.58. The Bertz CT molecular complexity index is 1000. The lowest BCUT2D eigenvalue weighted by molar-refractivity contribution is 0.192. The van der Waals surface area contributed by atoms with Crippen molar-refractivity contribution in [2.75, 3.05) is 25.9 Å². The van der Waals surface area contributed by atoms with E-state index in [1.165, 1.54) is 16.7 Å². The van der Waals surface area contributed by atoms with Crippen LogP contribution in [0.15, 0.2) is 39.5 Å². The summed E-state index contributed by atoms with van der Waals surface area (Å²) in [6, 6.07) is 8.06. The Labute approximate surface area is 207 Å². The van der Waals surface area contributed by atoms with Gasteiger partial charge in [-0.15, -0.1) is 35.3 Å². The number of hydrogen-bond acceptors (Lipinski definition) is 5. The smallest absolute Gasteiger partial charge is 0.191 e. The van der Waals surface area contributed by atoms with Crippen LogP contribution in [-0.2, 0) is 29.3 Å². The molecular weight excluding hydrogens is 543 g/mol. The van der Waals surface area contributed by atoms with Crippen LogP contribution in [0.3, 0.4) is 0 Å². The molecule has 31 heavy (non-hydrogen) atoms. The van der Waals surface area contributed by atoms with Crippen LogP contribution in [0, 0.1) is 6.92 Å². The highest BCUT2D eigenvalue weighted by Crippen LogP contribution is 2.25. The SMILES string of the molecule is CCNC(=NCc1ccc(S(C)(=O)=O)c(C)c1)NCC(C)N1CCc2sccc2C1.I. The Kier molecular flexibility index (Phi) is 9.78. The van der Waals surface area contributed by atoms with E-state index >= 15 is 0 Å². The van der Waals surface area contributed by atoms with Crippen LogP contribution in [0.5, 0.6) is 0 Å². The van der Waals surface area contributed by atoms with Crippen molar-refractivity contribution in [1.29, 1.82) is 0 Å². The summed E-state index contributed by atoms with van der Waals surface area (Å²) >= 11 is 1.87. The normalized spacial score (nSPS) is 15.7. The molecule has 6 nitrogen and oxygen atoms in total. The van der Waals surface area contributed by atoms with Crippen LogP contribution < -0.4 is 10.6 Å². The lowest BCUT2D eigenvalue weighted by atomic mass is 10.1. The Morgan fingerprint density at radius 3 is 2.74 bits per heavy atom. The van der Waals surface area contributed by atoms with Crippen LogP contribution in [0.1, 0.15) is 35.4 Å². The summed E-state index contributed by atoms with van der Waals surface area (Å²) in [7, 11) is -3.20. The van der Waals surface area contributed by atoms with E-state index < -0.39 is 9.84 Å². The summed E-state index contributed by atoms with van der Waals surface area (Å²) in [6.45, 7) is 10.3. The second-order valence-electron chi connectivity index (χ2n) is 7.89. The van der Waals surface area contributed by atoms with E-state index in [0.29, 0.717) is 17.5 Å². The number of aryl methyl sites for hydroxylation is 1. The van der Waals surface area contributed by atoms with Gasteiger partial charge in [0.1, 0.15) is 0 Å². The summed E-state index contributed by atoms with van der Waals surface area (Å²) < 4.78 is 23.6. The van der Waals surface area contributed by atoms with E-state index in [1.807, 2.05) is 30.4 Å². The van der Waals surface area contributed by atoms with Gasteiger partial charge < -0.3 is 10.6 Å². The van der Waals surface area contributed by atoms with Gasteiger partial charge in [0, 0.05) is 43.4 Å². The molecule has 0 radical (unpaired) electrons. The maximum absolute atomic E-state index is 11.8. The zero-order chi connectivity index (χ0) is 21.7. The molecule has 1 unspecified atom stereocenters. The minimum Gasteiger partial charge on any atom is -0.357 e. The zero-order valence-corrected chi connectivity index (χ0v) is 22.6. The Hall–Kier alpha value is -1.17. The number of halogens is 1. The van der Waals surface area contributed by atoms with Crippen molar-refractivity contribution >= 4 is 51.1 Å². The maximum atomic E-state index is 11.8. The fraction of sp³-hybridized carbons (Fsp3) is 0.500. The second kappa shape index (κ2) is 11.6. The van der Waals surface area contributed by atoms with Gasteiger partial charge in [0.15, 0.2) is 15.8 Å². The zero-order valence-electron chi connectivity index (χ0n) is 18.6. The molecule has 1 aromatic carbocycles. The van der Waals surface area contributed by atoms with Crippen LogP contribution in [0.4, 0.5) is 0 Å². The number of fused-ring (bicyclic) bond motifs is 1. The Morgan fingerprint density at radius 1 is 1.29 bits per heavy atom. The molecule has 0 bridgehead atoms. The first-order valence-electron chi connectivity index (χ1n) is 10.4. The molecule has 2 aromatic rings. The minimum absolute atomic E-state index is 0. The molecule has 1 aliphatic rings. The summed E-state index contributed by atoms with van der Waals surface area (Å²) in [4.78, 5) is 9.11. The number of guanidine groups is 1. The first-order valence-corrected chi connectivity index (χ1v) is 13.2. The van der Waals surface area contributed by atoms with Gasteiger partial charge in [0.25, 0.3) is 0 Å². The predicted molar refractivity (Wildman–Crippen MR) is 140 cm³/mol. The fourth-order valence-electron chi connectivity index (χ4n) is 3.76. The molecule has 2 heterocycles. The van der Waals surface area contributed by atoms with Gasteiger partial charge in [-0.25, -0.2) is 13.4 Å². The molecule has 0 saturated heterocycles. The van der Waals surface area contributed by atoms with Crippen LogP contribution >= 0.6 is 35.3 Å². The number of hydrogen-bond donors (Lipinski definition) is 2. The molecule has 2 N–H and O–H groups in total. The van der Waals surface area contributed by atoms with E-state index in [1.54, 1.807) is 6.07 Å². The summed E-state index contributed by atoms with van der Waals surface area (Å²) in [5.41, 5.74) is 3.22. The van der Waals surface area contributed by atoms with E-state index in [0.717, 1.165) is 49.7 Å². The van der Waals surface area contributed by atoms with E-state index in [4.69, 9.17) is 0 Å².